The first-order valence-electron chi connectivity index (χ1n) is 8.24. The van der Waals surface area contributed by atoms with Gasteiger partial charge in [0.2, 0.25) is 5.91 Å². The first kappa shape index (κ1) is 18.8. The highest BCUT2D eigenvalue weighted by molar-refractivity contribution is 7.92. The maximum absolute atomic E-state index is 13.0. The van der Waals surface area contributed by atoms with E-state index in [-0.39, 0.29) is 11.4 Å². The molecule has 1 N–H and O–H groups in total. The summed E-state index contributed by atoms with van der Waals surface area (Å²) in [6.45, 7) is 1.45. The number of carbonyl (C=O) groups is 1. The number of sulfone groups is 1. The van der Waals surface area contributed by atoms with Crippen molar-refractivity contribution in [1.29, 1.82) is 0 Å². The number of amides is 1. The Bertz CT molecular complexity index is 1030. The molecule has 0 aliphatic carbocycles. The molecule has 3 rings (SSSR count). The average Bonchev–Trinajstić information content (AvgIpc) is 3.15. The molecule has 0 saturated heterocycles. The summed E-state index contributed by atoms with van der Waals surface area (Å²) < 4.78 is 39.6. The van der Waals surface area contributed by atoms with E-state index in [9.17, 15) is 17.6 Å². The van der Waals surface area contributed by atoms with Crippen molar-refractivity contribution in [2.24, 2.45) is 0 Å². The second-order valence-electron chi connectivity index (χ2n) is 5.99. The van der Waals surface area contributed by atoms with Crippen LogP contribution in [-0.4, -0.2) is 29.4 Å². The predicted molar refractivity (Wildman–Crippen MR) is 98.5 cm³/mol. The summed E-state index contributed by atoms with van der Waals surface area (Å²) in [4.78, 5) is 12.2. The van der Waals surface area contributed by atoms with Gasteiger partial charge in [0, 0.05) is 18.3 Å². The van der Waals surface area contributed by atoms with E-state index >= 15 is 0 Å². The summed E-state index contributed by atoms with van der Waals surface area (Å²) in [7, 11) is -3.90. The Labute approximate surface area is 156 Å². The fourth-order valence-corrected chi connectivity index (χ4v) is 3.76. The van der Waals surface area contributed by atoms with Crippen molar-refractivity contribution in [2.75, 3.05) is 0 Å². The lowest BCUT2D eigenvalue weighted by Gasteiger charge is -2.13. The lowest BCUT2D eigenvalue weighted by Crippen LogP contribution is -2.37. The highest BCUT2D eigenvalue weighted by atomic mass is 32.2. The molecule has 0 bridgehead atoms. The molecule has 0 aliphatic heterocycles. The van der Waals surface area contributed by atoms with Crippen molar-refractivity contribution in [3.05, 3.63) is 78.4 Å². The Hall–Kier alpha value is -3.00. The van der Waals surface area contributed by atoms with Gasteiger partial charge >= 0.3 is 0 Å². The van der Waals surface area contributed by atoms with Crippen LogP contribution in [0, 0.1) is 5.82 Å². The van der Waals surface area contributed by atoms with Crippen LogP contribution in [0.1, 0.15) is 12.5 Å². The summed E-state index contributed by atoms with van der Waals surface area (Å²) >= 11 is 0. The highest BCUT2D eigenvalue weighted by Crippen LogP contribution is 2.17. The molecule has 8 heteroatoms. The van der Waals surface area contributed by atoms with Crippen LogP contribution in [0.5, 0.6) is 0 Å². The zero-order valence-electron chi connectivity index (χ0n) is 14.5. The lowest BCUT2D eigenvalue weighted by atomic mass is 10.3. The fraction of sp³-hybridized carbons (Fsp3) is 0.158. The van der Waals surface area contributed by atoms with E-state index in [1.165, 1.54) is 6.92 Å². The third-order valence-corrected chi connectivity index (χ3v) is 6.17. The molecule has 0 spiro atoms. The number of halogens is 1. The quantitative estimate of drug-likeness (QED) is 0.659. The zero-order chi connectivity index (χ0) is 19.4. The average molecular weight is 387 g/mol. The maximum Gasteiger partial charge on any atom is 0.238 e. The molecule has 1 heterocycles. The molecule has 6 nitrogen and oxygen atoms in total. The Balaban J connectivity index is 1.65. The SMILES string of the molecule is CC(C(=O)NCc1cnn(-c2ccccc2)c1)S(=O)(=O)c1ccc(F)cc1. The number of carbonyl (C=O) groups excluding carboxylic acids is 1. The van der Waals surface area contributed by atoms with Gasteiger partial charge in [-0.2, -0.15) is 5.10 Å². The molecule has 0 fully saturated rings. The Kier molecular flexibility index (Phi) is 5.36. The van der Waals surface area contributed by atoms with Gasteiger partial charge in [0.25, 0.3) is 0 Å². The van der Waals surface area contributed by atoms with E-state index < -0.39 is 26.8 Å². The topological polar surface area (TPSA) is 81.1 Å². The molecule has 1 atom stereocenters. The Morgan fingerprint density at radius 2 is 1.81 bits per heavy atom. The molecule has 2 aromatic carbocycles. The van der Waals surface area contributed by atoms with Crippen molar-refractivity contribution in [3.63, 3.8) is 0 Å². The number of rotatable bonds is 6. The maximum atomic E-state index is 13.0. The van der Waals surface area contributed by atoms with Crippen LogP contribution in [0.3, 0.4) is 0 Å². The first-order valence-corrected chi connectivity index (χ1v) is 9.79. The van der Waals surface area contributed by atoms with Gasteiger partial charge in [-0.25, -0.2) is 17.5 Å². The first-order chi connectivity index (χ1) is 12.9. The normalized spacial score (nSPS) is 12.5. The number of aromatic nitrogens is 2. The minimum atomic E-state index is -3.90. The molecule has 1 aromatic heterocycles. The van der Waals surface area contributed by atoms with Crippen LogP contribution in [0.15, 0.2) is 71.9 Å². The summed E-state index contributed by atoms with van der Waals surface area (Å²) in [5, 5.41) is 5.53. The van der Waals surface area contributed by atoms with E-state index in [2.05, 4.69) is 10.4 Å². The molecule has 1 unspecified atom stereocenters. The van der Waals surface area contributed by atoms with Crippen LogP contribution in [-0.2, 0) is 21.2 Å². The molecule has 3 aromatic rings. The van der Waals surface area contributed by atoms with E-state index in [0.717, 1.165) is 35.5 Å². The molecule has 140 valence electrons. The molecule has 0 radical (unpaired) electrons. The van der Waals surface area contributed by atoms with Gasteiger partial charge in [0.05, 0.1) is 16.8 Å². The number of nitrogens with zero attached hydrogens (tertiary/aromatic N) is 2. The summed E-state index contributed by atoms with van der Waals surface area (Å²) in [6.07, 6.45) is 3.36. The van der Waals surface area contributed by atoms with E-state index in [1.807, 2.05) is 30.3 Å². The van der Waals surface area contributed by atoms with Gasteiger partial charge in [-0.1, -0.05) is 18.2 Å². The van der Waals surface area contributed by atoms with Crippen LogP contribution in [0.4, 0.5) is 4.39 Å². The number of nitrogens with one attached hydrogen (secondary N) is 1. The third kappa shape index (κ3) is 4.22. The van der Waals surface area contributed by atoms with Gasteiger partial charge in [-0.05, 0) is 43.3 Å². The number of hydrogen-bond donors (Lipinski definition) is 1. The van der Waals surface area contributed by atoms with Gasteiger partial charge in [0.15, 0.2) is 9.84 Å². The molecule has 1 amide bonds. The minimum Gasteiger partial charge on any atom is -0.351 e. The van der Waals surface area contributed by atoms with Crippen LogP contribution < -0.4 is 5.32 Å². The van der Waals surface area contributed by atoms with Crippen molar-refractivity contribution in [2.45, 2.75) is 23.6 Å². The molecule has 27 heavy (non-hydrogen) atoms. The van der Waals surface area contributed by atoms with Gasteiger partial charge in [0.1, 0.15) is 11.1 Å². The lowest BCUT2D eigenvalue weighted by molar-refractivity contribution is -0.120. The second kappa shape index (κ2) is 7.71. The van der Waals surface area contributed by atoms with Crippen LogP contribution >= 0.6 is 0 Å². The Morgan fingerprint density at radius 3 is 2.48 bits per heavy atom. The summed E-state index contributed by atoms with van der Waals surface area (Å²) in [6, 6.07) is 13.9. The van der Waals surface area contributed by atoms with E-state index in [4.69, 9.17) is 0 Å². The molecule has 0 saturated carbocycles. The molecular weight excluding hydrogens is 369 g/mol. The predicted octanol–water partition coefficient (Wildman–Crippen LogP) is 2.49. The third-order valence-electron chi connectivity index (χ3n) is 4.10. The van der Waals surface area contributed by atoms with E-state index in [1.54, 1.807) is 17.1 Å². The van der Waals surface area contributed by atoms with Gasteiger partial charge in [-0.15, -0.1) is 0 Å². The van der Waals surface area contributed by atoms with Crippen LogP contribution in [0.2, 0.25) is 0 Å². The Morgan fingerprint density at radius 1 is 1.15 bits per heavy atom. The smallest absolute Gasteiger partial charge is 0.238 e. The summed E-state index contributed by atoms with van der Waals surface area (Å²) in [5.41, 5.74) is 1.61. The van der Waals surface area contributed by atoms with Crippen molar-refractivity contribution in [1.82, 2.24) is 15.1 Å². The highest BCUT2D eigenvalue weighted by Gasteiger charge is 2.29. The monoisotopic (exact) mass is 387 g/mol. The summed E-state index contributed by atoms with van der Waals surface area (Å²) in [5.74, 6) is -1.17. The number of hydrogen-bond acceptors (Lipinski definition) is 4. The zero-order valence-corrected chi connectivity index (χ0v) is 15.4. The standard InChI is InChI=1S/C19H18FN3O3S/c1-14(27(25,26)18-9-7-16(20)8-10-18)19(24)21-11-15-12-22-23(13-15)17-5-3-2-4-6-17/h2-10,12-14H,11H2,1H3,(H,21,24). The minimum absolute atomic E-state index is 0.0940. The molecule has 0 aliphatic rings. The van der Waals surface area contributed by atoms with Crippen molar-refractivity contribution < 1.29 is 17.6 Å². The largest absolute Gasteiger partial charge is 0.351 e. The number of benzene rings is 2. The number of para-hydroxylation sites is 1. The van der Waals surface area contributed by atoms with Crippen LogP contribution in [0.25, 0.3) is 5.69 Å². The van der Waals surface area contributed by atoms with Gasteiger partial charge in [-0.3, -0.25) is 4.79 Å². The molecular formula is C19H18FN3O3S. The van der Waals surface area contributed by atoms with Crippen molar-refractivity contribution in [3.8, 4) is 5.69 Å². The fourth-order valence-electron chi connectivity index (χ4n) is 2.48. The second-order valence-corrected chi connectivity index (χ2v) is 8.26. The van der Waals surface area contributed by atoms with Gasteiger partial charge < -0.3 is 5.32 Å². The van der Waals surface area contributed by atoms with E-state index in [0.29, 0.717) is 0 Å². The van der Waals surface area contributed by atoms with Crippen molar-refractivity contribution >= 4 is 15.7 Å².